The van der Waals surface area contributed by atoms with Gasteiger partial charge in [-0.05, 0) is 18.4 Å². The van der Waals surface area contributed by atoms with Crippen molar-refractivity contribution >= 4 is 5.91 Å². The van der Waals surface area contributed by atoms with Crippen LogP contribution in [-0.4, -0.2) is 27.5 Å². The van der Waals surface area contributed by atoms with E-state index in [1.807, 2.05) is 35.2 Å². The first kappa shape index (κ1) is 11.0. The number of aromatic nitrogens is 2. The molecule has 0 spiro atoms. The molecule has 0 aliphatic carbocycles. The van der Waals surface area contributed by atoms with Gasteiger partial charge < -0.3 is 9.32 Å². The molecule has 1 aliphatic heterocycles. The largest absolute Gasteiger partial charge is 0.420 e. The number of nitrogens with zero attached hydrogens (tertiary/aromatic N) is 3. The van der Waals surface area contributed by atoms with E-state index in [4.69, 9.17) is 4.42 Å². The van der Waals surface area contributed by atoms with Crippen molar-refractivity contribution in [3.8, 4) is 0 Å². The van der Waals surface area contributed by atoms with E-state index in [0.717, 1.165) is 24.9 Å². The topological polar surface area (TPSA) is 59.2 Å². The predicted octanol–water partition coefficient (Wildman–Crippen LogP) is 2.05. The lowest BCUT2D eigenvalue weighted by molar-refractivity contribution is 0.0695. The summed E-state index contributed by atoms with van der Waals surface area (Å²) in [6, 6.07) is 10.2. The predicted molar refractivity (Wildman–Crippen MR) is 63.8 cm³/mol. The Kier molecular flexibility index (Phi) is 2.80. The molecular formula is C13H13N3O2. The van der Waals surface area contributed by atoms with E-state index in [1.54, 1.807) is 0 Å². The molecule has 1 amide bonds. The summed E-state index contributed by atoms with van der Waals surface area (Å²) in [5, 5.41) is 7.23. The Morgan fingerprint density at radius 2 is 2.17 bits per heavy atom. The van der Waals surface area contributed by atoms with E-state index in [2.05, 4.69) is 10.2 Å². The molecule has 0 radical (unpaired) electrons. The number of hydrogen-bond acceptors (Lipinski definition) is 4. The minimum Gasteiger partial charge on any atom is -0.420 e. The van der Waals surface area contributed by atoms with Crippen LogP contribution in [0.4, 0.5) is 0 Å². The third-order valence-electron chi connectivity index (χ3n) is 3.24. The number of rotatable bonds is 2. The average molecular weight is 243 g/mol. The maximum absolute atomic E-state index is 12.2. The molecule has 2 aromatic rings. The van der Waals surface area contributed by atoms with Crippen LogP contribution in [0.25, 0.3) is 0 Å². The minimum atomic E-state index is -0.182. The maximum Gasteiger partial charge on any atom is 0.311 e. The fourth-order valence-corrected chi connectivity index (χ4v) is 2.42. The zero-order valence-corrected chi connectivity index (χ0v) is 9.82. The molecule has 1 aromatic heterocycles. The van der Waals surface area contributed by atoms with E-state index < -0.39 is 0 Å². The molecule has 0 bridgehead atoms. The van der Waals surface area contributed by atoms with Crippen molar-refractivity contribution in [2.75, 3.05) is 6.54 Å². The van der Waals surface area contributed by atoms with Crippen LogP contribution >= 0.6 is 0 Å². The monoisotopic (exact) mass is 243 g/mol. The van der Waals surface area contributed by atoms with Crippen LogP contribution in [0.5, 0.6) is 0 Å². The summed E-state index contributed by atoms with van der Waals surface area (Å²) < 4.78 is 4.98. The summed E-state index contributed by atoms with van der Waals surface area (Å²) in [5.41, 5.74) is 1.16. The Balaban J connectivity index is 1.86. The van der Waals surface area contributed by atoms with Crippen LogP contribution in [-0.2, 0) is 0 Å². The first-order chi connectivity index (χ1) is 8.86. The standard InChI is InChI=1S/C13H13N3O2/c17-13(12-15-14-9-18-12)16-8-4-7-11(16)10-5-2-1-3-6-10/h1-3,5-6,9,11H,4,7-8H2/t11-/m0/s1. The molecule has 0 unspecified atom stereocenters. The molecular weight excluding hydrogens is 230 g/mol. The molecule has 1 atom stereocenters. The van der Waals surface area contributed by atoms with E-state index in [0.29, 0.717) is 0 Å². The van der Waals surface area contributed by atoms with Crippen LogP contribution < -0.4 is 0 Å². The lowest BCUT2D eigenvalue weighted by atomic mass is 10.0. The number of likely N-dealkylation sites (tertiary alicyclic amines) is 1. The lowest BCUT2D eigenvalue weighted by Crippen LogP contribution is -2.30. The smallest absolute Gasteiger partial charge is 0.311 e. The van der Waals surface area contributed by atoms with Gasteiger partial charge in [0.1, 0.15) is 0 Å². The SMILES string of the molecule is O=C(c1nnco1)N1CCC[C@H]1c1ccccc1. The molecule has 1 fully saturated rings. The molecule has 0 saturated carbocycles. The quantitative estimate of drug-likeness (QED) is 0.810. The van der Waals surface area contributed by atoms with Crippen molar-refractivity contribution in [1.82, 2.24) is 15.1 Å². The van der Waals surface area contributed by atoms with E-state index >= 15 is 0 Å². The summed E-state index contributed by atoms with van der Waals surface area (Å²) in [7, 11) is 0. The van der Waals surface area contributed by atoms with Gasteiger partial charge in [-0.15, -0.1) is 10.2 Å². The van der Waals surface area contributed by atoms with Gasteiger partial charge in [-0.25, -0.2) is 0 Å². The zero-order chi connectivity index (χ0) is 12.4. The van der Waals surface area contributed by atoms with Gasteiger partial charge in [-0.1, -0.05) is 30.3 Å². The average Bonchev–Trinajstić information content (AvgIpc) is 3.10. The third-order valence-corrected chi connectivity index (χ3v) is 3.24. The van der Waals surface area contributed by atoms with Crippen LogP contribution in [0.1, 0.15) is 35.1 Å². The fourth-order valence-electron chi connectivity index (χ4n) is 2.42. The Hall–Kier alpha value is -2.17. The summed E-state index contributed by atoms with van der Waals surface area (Å²) in [6.45, 7) is 0.737. The van der Waals surface area contributed by atoms with Gasteiger partial charge in [0.25, 0.3) is 0 Å². The maximum atomic E-state index is 12.2. The molecule has 5 nitrogen and oxygen atoms in total. The van der Waals surface area contributed by atoms with Crippen LogP contribution in [0.3, 0.4) is 0 Å². The van der Waals surface area contributed by atoms with E-state index in [-0.39, 0.29) is 17.8 Å². The van der Waals surface area contributed by atoms with Crippen molar-refractivity contribution in [2.24, 2.45) is 0 Å². The number of carbonyl (C=O) groups is 1. The number of amides is 1. The van der Waals surface area contributed by atoms with E-state index in [1.165, 1.54) is 6.39 Å². The first-order valence-electron chi connectivity index (χ1n) is 5.98. The van der Waals surface area contributed by atoms with Crippen LogP contribution in [0, 0.1) is 0 Å². The van der Waals surface area contributed by atoms with Crippen LogP contribution in [0.15, 0.2) is 41.1 Å². The van der Waals surface area contributed by atoms with Crippen LogP contribution in [0.2, 0.25) is 0 Å². The second kappa shape index (κ2) is 4.60. The minimum absolute atomic E-state index is 0.0674. The normalized spacial score (nSPS) is 19.1. The highest BCUT2D eigenvalue weighted by Crippen LogP contribution is 2.32. The molecule has 18 heavy (non-hydrogen) atoms. The van der Waals surface area contributed by atoms with Crippen molar-refractivity contribution in [2.45, 2.75) is 18.9 Å². The number of carbonyl (C=O) groups excluding carboxylic acids is 1. The van der Waals surface area contributed by atoms with E-state index in [9.17, 15) is 4.79 Å². The number of benzene rings is 1. The van der Waals surface area contributed by atoms with Crippen molar-refractivity contribution in [3.05, 3.63) is 48.2 Å². The Labute approximate surface area is 104 Å². The molecule has 1 aromatic carbocycles. The molecule has 2 heterocycles. The van der Waals surface area contributed by atoms with Gasteiger partial charge in [0.05, 0.1) is 6.04 Å². The highest BCUT2D eigenvalue weighted by molar-refractivity contribution is 5.89. The summed E-state index contributed by atoms with van der Waals surface area (Å²) in [5.74, 6) is -0.114. The molecule has 0 N–H and O–H groups in total. The molecule has 92 valence electrons. The first-order valence-corrected chi connectivity index (χ1v) is 5.98. The van der Waals surface area contributed by atoms with Crippen molar-refractivity contribution < 1.29 is 9.21 Å². The van der Waals surface area contributed by atoms with Crippen molar-refractivity contribution in [1.29, 1.82) is 0 Å². The Morgan fingerprint density at radius 3 is 2.89 bits per heavy atom. The van der Waals surface area contributed by atoms with Gasteiger partial charge in [0.15, 0.2) is 0 Å². The van der Waals surface area contributed by atoms with Gasteiger partial charge in [-0.2, -0.15) is 0 Å². The summed E-state index contributed by atoms with van der Waals surface area (Å²) in [6.07, 6.45) is 3.16. The van der Waals surface area contributed by atoms with Gasteiger partial charge >= 0.3 is 11.8 Å². The second-order valence-corrected chi connectivity index (χ2v) is 4.31. The fraction of sp³-hybridized carbons (Fsp3) is 0.308. The summed E-state index contributed by atoms with van der Waals surface area (Å²) >= 11 is 0. The molecule has 3 rings (SSSR count). The highest BCUT2D eigenvalue weighted by Gasteiger charge is 2.32. The lowest BCUT2D eigenvalue weighted by Gasteiger charge is -2.23. The van der Waals surface area contributed by atoms with Gasteiger partial charge in [0.2, 0.25) is 6.39 Å². The second-order valence-electron chi connectivity index (χ2n) is 4.31. The zero-order valence-electron chi connectivity index (χ0n) is 9.82. The van der Waals surface area contributed by atoms with Crippen molar-refractivity contribution in [3.63, 3.8) is 0 Å². The Morgan fingerprint density at radius 1 is 1.33 bits per heavy atom. The Bertz CT molecular complexity index is 524. The molecule has 1 aliphatic rings. The summed E-state index contributed by atoms with van der Waals surface area (Å²) in [4.78, 5) is 14.0. The highest BCUT2D eigenvalue weighted by atomic mass is 16.4. The molecule has 1 saturated heterocycles. The van der Waals surface area contributed by atoms with Gasteiger partial charge in [-0.3, -0.25) is 4.79 Å². The molecule has 5 heteroatoms. The number of hydrogen-bond donors (Lipinski definition) is 0. The van der Waals surface area contributed by atoms with Gasteiger partial charge in [0, 0.05) is 6.54 Å². The third kappa shape index (κ3) is 1.88.